The third kappa shape index (κ3) is 2.18. The molecule has 0 aliphatic heterocycles. The molecule has 0 bridgehead atoms. The molecule has 0 N–H and O–H groups in total. The second-order valence-corrected chi connectivity index (χ2v) is 3.70. The summed E-state index contributed by atoms with van der Waals surface area (Å²) in [5.74, 6) is 1.12. The summed E-state index contributed by atoms with van der Waals surface area (Å²) in [6, 6.07) is 3.33. The van der Waals surface area contributed by atoms with Crippen LogP contribution in [0.3, 0.4) is 0 Å². The van der Waals surface area contributed by atoms with Crippen LogP contribution in [0.4, 0.5) is 4.39 Å². The molecule has 14 heavy (non-hydrogen) atoms. The van der Waals surface area contributed by atoms with Crippen LogP contribution in [0.5, 0.6) is 11.5 Å². The minimum Gasteiger partial charge on any atom is -0.493 e. The number of rotatable bonds is 3. The van der Waals surface area contributed by atoms with Crippen LogP contribution in [-0.4, -0.2) is 14.2 Å². The van der Waals surface area contributed by atoms with Crippen molar-refractivity contribution in [3.8, 4) is 11.5 Å². The van der Waals surface area contributed by atoms with Crippen molar-refractivity contribution in [1.29, 1.82) is 0 Å². The van der Waals surface area contributed by atoms with E-state index < -0.39 is 6.17 Å². The number of benzene rings is 1. The first kappa shape index (κ1) is 11.3. The van der Waals surface area contributed by atoms with Gasteiger partial charge in [-0.15, -0.1) is 0 Å². The van der Waals surface area contributed by atoms with E-state index in [2.05, 4.69) is 15.9 Å². The van der Waals surface area contributed by atoms with E-state index in [1.165, 1.54) is 14.0 Å². The average Bonchev–Trinajstić information content (AvgIpc) is 2.16. The lowest BCUT2D eigenvalue weighted by atomic mass is 10.1. The van der Waals surface area contributed by atoms with Crippen molar-refractivity contribution in [2.24, 2.45) is 0 Å². The van der Waals surface area contributed by atoms with E-state index in [1.54, 1.807) is 19.2 Å². The third-order valence-corrected chi connectivity index (χ3v) is 2.62. The van der Waals surface area contributed by atoms with Crippen molar-refractivity contribution in [2.75, 3.05) is 14.2 Å². The van der Waals surface area contributed by atoms with Gasteiger partial charge in [-0.25, -0.2) is 4.39 Å². The molecule has 1 rings (SSSR count). The molecule has 0 saturated heterocycles. The predicted octanol–water partition coefficient (Wildman–Crippen LogP) is 3.50. The van der Waals surface area contributed by atoms with Gasteiger partial charge < -0.3 is 9.47 Å². The molecule has 1 aromatic rings. The summed E-state index contributed by atoms with van der Waals surface area (Å²) in [7, 11) is 3.07. The zero-order chi connectivity index (χ0) is 10.7. The lowest BCUT2D eigenvalue weighted by molar-refractivity contribution is 0.346. The first-order valence-corrected chi connectivity index (χ1v) is 4.95. The maximum absolute atomic E-state index is 13.1. The summed E-state index contributed by atoms with van der Waals surface area (Å²) in [4.78, 5) is 0. The maximum Gasteiger partial charge on any atom is 0.161 e. The van der Waals surface area contributed by atoms with Crippen LogP contribution in [-0.2, 0) is 0 Å². The van der Waals surface area contributed by atoms with E-state index in [0.29, 0.717) is 21.5 Å². The summed E-state index contributed by atoms with van der Waals surface area (Å²) >= 11 is 3.28. The first-order chi connectivity index (χ1) is 6.60. The number of ether oxygens (including phenoxy) is 2. The normalized spacial score (nSPS) is 12.4. The quantitative estimate of drug-likeness (QED) is 0.830. The van der Waals surface area contributed by atoms with Gasteiger partial charge in [0.25, 0.3) is 0 Å². The zero-order valence-corrected chi connectivity index (χ0v) is 9.89. The lowest BCUT2D eigenvalue weighted by Crippen LogP contribution is -1.94. The number of alkyl halides is 1. The minimum absolute atomic E-state index is 0.537. The summed E-state index contributed by atoms with van der Waals surface area (Å²) in [6.45, 7) is 1.48. The van der Waals surface area contributed by atoms with Crippen LogP contribution in [0.1, 0.15) is 18.7 Å². The van der Waals surface area contributed by atoms with Crippen LogP contribution < -0.4 is 9.47 Å². The second kappa shape index (κ2) is 4.64. The molecule has 4 heteroatoms. The Kier molecular flexibility index (Phi) is 3.75. The highest BCUT2D eigenvalue weighted by Gasteiger charge is 2.13. The maximum atomic E-state index is 13.1. The van der Waals surface area contributed by atoms with E-state index in [-0.39, 0.29) is 0 Å². The fourth-order valence-corrected chi connectivity index (χ4v) is 1.81. The monoisotopic (exact) mass is 262 g/mol. The van der Waals surface area contributed by atoms with E-state index >= 15 is 0 Å². The molecule has 0 aromatic heterocycles. The largest absolute Gasteiger partial charge is 0.493 e. The van der Waals surface area contributed by atoms with Crippen molar-refractivity contribution in [3.63, 3.8) is 0 Å². The Hall–Kier alpha value is -0.770. The Labute approximate surface area is 91.2 Å². The molecule has 0 fully saturated rings. The van der Waals surface area contributed by atoms with Crippen LogP contribution in [0, 0.1) is 0 Å². The topological polar surface area (TPSA) is 18.5 Å². The highest BCUT2D eigenvalue weighted by molar-refractivity contribution is 9.10. The number of hydrogen-bond acceptors (Lipinski definition) is 2. The van der Waals surface area contributed by atoms with Gasteiger partial charge in [0.05, 0.1) is 14.2 Å². The Morgan fingerprint density at radius 1 is 1.21 bits per heavy atom. The zero-order valence-electron chi connectivity index (χ0n) is 8.30. The van der Waals surface area contributed by atoms with E-state index in [9.17, 15) is 4.39 Å². The van der Waals surface area contributed by atoms with Crippen molar-refractivity contribution in [2.45, 2.75) is 13.1 Å². The van der Waals surface area contributed by atoms with Gasteiger partial charge in [-0.2, -0.15) is 0 Å². The van der Waals surface area contributed by atoms with Crippen LogP contribution in [0.15, 0.2) is 16.6 Å². The Morgan fingerprint density at radius 3 is 2.14 bits per heavy atom. The molecular formula is C10H12BrFO2. The smallest absolute Gasteiger partial charge is 0.161 e. The van der Waals surface area contributed by atoms with E-state index in [0.717, 1.165) is 0 Å². The molecule has 0 saturated carbocycles. The molecule has 0 amide bonds. The predicted molar refractivity (Wildman–Crippen MR) is 56.8 cm³/mol. The fraction of sp³-hybridized carbons (Fsp3) is 0.400. The Balaban J connectivity index is 3.23. The third-order valence-electron chi connectivity index (χ3n) is 1.93. The second-order valence-electron chi connectivity index (χ2n) is 2.84. The molecule has 1 atom stereocenters. The van der Waals surface area contributed by atoms with Crippen molar-refractivity contribution in [3.05, 3.63) is 22.2 Å². The van der Waals surface area contributed by atoms with Gasteiger partial charge in [-0.05, 0) is 19.1 Å². The SMILES string of the molecule is COc1cc(Br)c(C(C)F)cc1OC. The van der Waals surface area contributed by atoms with Gasteiger partial charge in [0.1, 0.15) is 6.17 Å². The lowest BCUT2D eigenvalue weighted by Gasteiger charge is -2.12. The fourth-order valence-electron chi connectivity index (χ4n) is 1.17. The van der Waals surface area contributed by atoms with Crippen LogP contribution in [0.25, 0.3) is 0 Å². The summed E-state index contributed by atoms with van der Waals surface area (Å²) in [5.41, 5.74) is 0.558. The molecule has 78 valence electrons. The molecule has 1 unspecified atom stereocenters. The number of methoxy groups -OCH3 is 2. The van der Waals surface area contributed by atoms with Gasteiger partial charge in [0, 0.05) is 10.0 Å². The number of halogens is 2. The van der Waals surface area contributed by atoms with Gasteiger partial charge in [-0.1, -0.05) is 15.9 Å². The first-order valence-electron chi connectivity index (χ1n) is 4.15. The number of hydrogen-bond donors (Lipinski definition) is 0. The molecule has 2 nitrogen and oxygen atoms in total. The molecular weight excluding hydrogens is 251 g/mol. The standard InChI is InChI=1S/C10H12BrFO2/c1-6(12)7-4-9(13-2)10(14-3)5-8(7)11/h4-6H,1-3H3. The molecule has 0 aliphatic carbocycles. The van der Waals surface area contributed by atoms with E-state index in [4.69, 9.17) is 9.47 Å². The van der Waals surface area contributed by atoms with Gasteiger partial charge in [-0.3, -0.25) is 0 Å². The van der Waals surface area contributed by atoms with Crippen molar-refractivity contribution < 1.29 is 13.9 Å². The van der Waals surface area contributed by atoms with Gasteiger partial charge in [0.15, 0.2) is 11.5 Å². The summed E-state index contributed by atoms with van der Waals surface area (Å²) in [6.07, 6.45) is -1.04. The Morgan fingerprint density at radius 2 is 1.71 bits per heavy atom. The molecule has 0 radical (unpaired) electrons. The van der Waals surface area contributed by atoms with Gasteiger partial charge >= 0.3 is 0 Å². The summed E-state index contributed by atoms with van der Waals surface area (Å²) in [5, 5.41) is 0. The molecule has 1 aromatic carbocycles. The van der Waals surface area contributed by atoms with Crippen LogP contribution >= 0.6 is 15.9 Å². The highest BCUT2D eigenvalue weighted by atomic mass is 79.9. The minimum atomic E-state index is -1.04. The van der Waals surface area contributed by atoms with Gasteiger partial charge in [0.2, 0.25) is 0 Å². The average molecular weight is 263 g/mol. The molecule has 0 spiro atoms. The van der Waals surface area contributed by atoms with Crippen molar-refractivity contribution >= 4 is 15.9 Å². The van der Waals surface area contributed by atoms with Crippen molar-refractivity contribution in [1.82, 2.24) is 0 Å². The summed E-state index contributed by atoms with van der Waals surface area (Å²) < 4.78 is 23.9. The van der Waals surface area contributed by atoms with E-state index in [1.807, 2.05) is 0 Å². The molecule has 0 aliphatic rings. The Bertz CT molecular complexity index is 326. The highest BCUT2D eigenvalue weighted by Crippen LogP contribution is 2.36. The van der Waals surface area contributed by atoms with Crippen LogP contribution in [0.2, 0.25) is 0 Å². The molecule has 0 heterocycles.